The molecule has 0 amide bonds. The van der Waals surface area contributed by atoms with Crippen molar-refractivity contribution < 1.29 is 39.5 Å². The summed E-state index contributed by atoms with van der Waals surface area (Å²) in [6, 6.07) is 28.2. The van der Waals surface area contributed by atoms with Crippen LogP contribution in [0, 0.1) is 22.7 Å². The highest BCUT2D eigenvalue weighted by atomic mass is 19.4. The van der Waals surface area contributed by atoms with Crippen molar-refractivity contribution in [1.82, 2.24) is 9.13 Å². The van der Waals surface area contributed by atoms with Crippen molar-refractivity contribution in [1.29, 1.82) is 10.5 Å². The van der Waals surface area contributed by atoms with E-state index >= 15 is 0 Å². The van der Waals surface area contributed by atoms with Gasteiger partial charge in [0.25, 0.3) is 0 Å². The minimum atomic E-state index is -5.00. The molecule has 2 heterocycles. The van der Waals surface area contributed by atoms with Gasteiger partial charge >= 0.3 is 18.5 Å². The van der Waals surface area contributed by atoms with E-state index < -0.39 is 40.8 Å². The lowest BCUT2D eigenvalue weighted by atomic mass is 9.94. The first-order valence-electron chi connectivity index (χ1n) is 16.0. The first-order valence-corrected chi connectivity index (χ1v) is 16.0. The largest absolute Gasteiger partial charge is 0.417 e. The summed E-state index contributed by atoms with van der Waals surface area (Å²) in [6.07, 6.45) is -14.6. The van der Waals surface area contributed by atoms with E-state index in [0.717, 1.165) is 36.4 Å². The fourth-order valence-electron chi connectivity index (χ4n) is 7.15. The van der Waals surface area contributed by atoms with Crippen LogP contribution >= 0.6 is 0 Å². The van der Waals surface area contributed by atoms with E-state index in [9.17, 15) is 50.0 Å². The lowest BCUT2D eigenvalue weighted by molar-refractivity contribution is -0.138. The highest BCUT2D eigenvalue weighted by Gasteiger charge is 2.36. The van der Waals surface area contributed by atoms with E-state index in [1.165, 1.54) is 33.4 Å². The molecule has 0 atom stereocenters. The van der Waals surface area contributed by atoms with Crippen LogP contribution in [-0.4, -0.2) is 9.13 Å². The molecule has 6 aromatic carbocycles. The van der Waals surface area contributed by atoms with Crippen LogP contribution in [-0.2, 0) is 18.5 Å². The molecule has 0 spiro atoms. The molecule has 0 aliphatic rings. The van der Waals surface area contributed by atoms with Gasteiger partial charge in [0, 0.05) is 21.5 Å². The van der Waals surface area contributed by atoms with Crippen molar-refractivity contribution in [2.75, 3.05) is 0 Å². The Morgan fingerprint density at radius 2 is 0.907 bits per heavy atom. The number of rotatable bonds is 3. The van der Waals surface area contributed by atoms with Gasteiger partial charge in [-0.15, -0.1) is 0 Å². The van der Waals surface area contributed by atoms with Crippen LogP contribution in [0.1, 0.15) is 27.8 Å². The number of benzene rings is 6. The van der Waals surface area contributed by atoms with Gasteiger partial charge in [-0.25, -0.2) is 0 Å². The molecule has 0 bridgehead atoms. The van der Waals surface area contributed by atoms with Gasteiger partial charge in [-0.1, -0.05) is 54.6 Å². The second-order valence-electron chi connectivity index (χ2n) is 12.5. The Kier molecular flexibility index (Phi) is 7.57. The first kappa shape index (κ1) is 34.4. The highest BCUT2D eigenvalue weighted by molar-refractivity contribution is 6.11. The van der Waals surface area contributed by atoms with E-state index in [1.54, 1.807) is 54.6 Å². The summed E-state index contributed by atoms with van der Waals surface area (Å²) in [4.78, 5) is 0. The second kappa shape index (κ2) is 11.9. The minimum absolute atomic E-state index is 0.0249. The second-order valence-corrected chi connectivity index (χ2v) is 12.5. The third kappa shape index (κ3) is 5.39. The SMILES string of the molecule is N#Cc1ccc(-c2cc(-n3c4ccccc4c4ccc(C(F)(F)F)cc43)c(C#N)c(-n3c4ccccc4c4ccc(C(F)(F)F)cc43)c2)c(C(F)(F)F)c1. The summed E-state index contributed by atoms with van der Waals surface area (Å²) in [6.45, 7) is 0. The number of hydrogen-bond donors (Lipinski definition) is 0. The van der Waals surface area contributed by atoms with Gasteiger partial charge in [-0.05, 0) is 71.8 Å². The molecule has 54 heavy (non-hydrogen) atoms. The zero-order valence-electron chi connectivity index (χ0n) is 27.2. The maximum absolute atomic E-state index is 14.7. The Hall–Kier alpha value is -6.73. The molecule has 8 aromatic rings. The van der Waals surface area contributed by atoms with Crippen LogP contribution in [0.25, 0.3) is 66.1 Å². The molecular formula is C41H19F9N4. The molecule has 0 aliphatic heterocycles. The van der Waals surface area contributed by atoms with Crippen LogP contribution in [0.15, 0.2) is 115 Å². The van der Waals surface area contributed by atoms with Gasteiger partial charge < -0.3 is 9.13 Å². The third-order valence-electron chi connectivity index (χ3n) is 9.46. The van der Waals surface area contributed by atoms with E-state index in [1.807, 2.05) is 0 Å². The molecule has 266 valence electrons. The maximum atomic E-state index is 14.7. The Morgan fingerprint density at radius 3 is 1.33 bits per heavy atom. The Balaban J connectivity index is 1.59. The number of hydrogen-bond acceptors (Lipinski definition) is 2. The van der Waals surface area contributed by atoms with E-state index in [0.29, 0.717) is 38.6 Å². The molecule has 13 heteroatoms. The average Bonchev–Trinajstić information content (AvgIpc) is 3.65. The molecule has 8 rings (SSSR count). The molecule has 2 aromatic heterocycles. The van der Waals surface area contributed by atoms with Gasteiger partial charge in [-0.2, -0.15) is 50.0 Å². The minimum Gasteiger partial charge on any atom is -0.308 e. The molecule has 0 saturated carbocycles. The molecule has 0 N–H and O–H groups in total. The topological polar surface area (TPSA) is 57.4 Å². The lowest BCUT2D eigenvalue weighted by Crippen LogP contribution is -2.10. The molecule has 0 aliphatic carbocycles. The van der Waals surface area contributed by atoms with Gasteiger partial charge in [0.2, 0.25) is 0 Å². The van der Waals surface area contributed by atoms with Crippen LogP contribution in [0.2, 0.25) is 0 Å². The standard InChI is InChI=1S/C41H19F9N4/c42-39(43,44)24-10-13-29-27-5-1-3-7-33(27)53(37(29)18-24)35-16-23(26-12-9-22(20-51)15-32(26)41(48,49)50)17-36(31(35)21-52)54-34-8-4-2-6-28(34)30-14-11-25(19-38(30)54)40(45,46)47/h1-19H. The van der Waals surface area contributed by atoms with Gasteiger partial charge in [0.05, 0.1) is 61.8 Å². The summed E-state index contributed by atoms with van der Waals surface area (Å²) in [5.41, 5.74) is -4.13. The van der Waals surface area contributed by atoms with Gasteiger partial charge in [0.1, 0.15) is 11.6 Å². The summed E-state index contributed by atoms with van der Waals surface area (Å²) >= 11 is 0. The third-order valence-corrected chi connectivity index (χ3v) is 9.46. The molecule has 0 unspecified atom stereocenters. The number of nitrogens with zero attached hydrogens (tertiary/aromatic N) is 4. The van der Waals surface area contributed by atoms with Crippen LogP contribution in [0.5, 0.6) is 0 Å². The predicted octanol–water partition coefficient (Wildman–Crippen LogP) is 12.3. The number of alkyl halides is 9. The predicted molar refractivity (Wildman–Crippen MR) is 185 cm³/mol. The Morgan fingerprint density at radius 1 is 0.444 bits per heavy atom. The Labute approximate surface area is 298 Å². The van der Waals surface area contributed by atoms with Gasteiger partial charge in [0.15, 0.2) is 0 Å². The van der Waals surface area contributed by atoms with Crippen molar-refractivity contribution >= 4 is 43.6 Å². The quantitative estimate of drug-likeness (QED) is 0.170. The summed E-state index contributed by atoms with van der Waals surface area (Å²) < 4.78 is 132. The van der Waals surface area contributed by atoms with Crippen LogP contribution < -0.4 is 0 Å². The zero-order chi connectivity index (χ0) is 38.3. The van der Waals surface area contributed by atoms with Crippen molar-refractivity contribution in [3.63, 3.8) is 0 Å². The number of nitriles is 2. The van der Waals surface area contributed by atoms with Gasteiger partial charge in [-0.3, -0.25) is 0 Å². The fourth-order valence-corrected chi connectivity index (χ4v) is 7.15. The monoisotopic (exact) mass is 738 g/mol. The van der Waals surface area contributed by atoms with Crippen molar-refractivity contribution in [2.45, 2.75) is 18.5 Å². The van der Waals surface area contributed by atoms with Crippen LogP contribution in [0.3, 0.4) is 0 Å². The molecular weight excluding hydrogens is 719 g/mol. The van der Waals surface area contributed by atoms with E-state index in [2.05, 4.69) is 6.07 Å². The van der Waals surface area contributed by atoms with Crippen molar-refractivity contribution in [3.05, 3.63) is 143 Å². The van der Waals surface area contributed by atoms with Crippen molar-refractivity contribution in [3.8, 4) is 34.6 Å². The maximum Gasteiger partial charge on any atom is 0.417 e. The molecule has 4 nitrogen and oxygen atoms in total. The van der Waals surface area contributed by atoms with E-state index in [4.69, 9.17) is 0 Å². The molecule has 0 saturated heterocycles. The highest BCUT2D eigenvalue weighted by Crippen LogP contribution is 2.45. The Bertz CT molecular complexity index is 2780. The summed E-state index contributed by atoms with van der Waals surface area (Å²) in [7, 11) is 0. The van der Waals surface area contributed by atoms with Crippen LogP contribution in [0.4, 0.5) is 39.5 Å². The fraction of sp³-hybridized carbons (Fsp3) is 0.0732. The normalized spacial score (nSPS) is 12.5. The number of fused-ring (bicyclic) bond motifs is 6. The number of halogens is 9. The first-order chi connectivity index (χ1) is 25.6. The zero-order valence-corrected chi connectivity index (χ0v) is 27.2. The molecule has 0 fully saturated rings. The number of aromatic nitrogens is 2. The smallest absolute Gasteiger partial charge is 0.308 e. The number of para-hydroxylation sites is 2. The summed E-state index contributed by atoms with van der Waals surface area (Å²) in [5, 5.41) is 22.0. The summed E-state index contributed by atoms with van der Waals surface area (Å²) in [5.74, 6) is 0. The van der Waals surface area contributed by atoms with E-state index in [-0.39, 0.29) is 39.1 Å². The van der Waals surface area contributed by atoms with Crippen molar-refractivity contribution in [2.24, 2.45) is 0 Å². The molecule has 0 radical (unpaired) electrons. The lowest BCUT2D eigenvalue weighted by Gasteiger charge is -2.20. The average molecular weight is 739 g/mol.